The lowest BCUT2D eigenvalue weighted by Gasteiger charge is -2.17. The zero-order chi connectivity index (χ0) is 18.8. The third kappa shape index (κ3) is 4.59. The van der Waals surface area contributed by atoms with Crippen LogP contribution in [-0.2, 0) is 7.05 Å². The SMILES string of the molecule is Cl.Cl.Cn1c(N[C@@H](CN)c2ccccc2)nc(C=c2ccc3c(c2)C=NN=3)c1O. The summed E-state index contributed by atoms with van der Waals surface area (Å²) in [5.41, 5.74) is 8.43. The molecule has 0 aliphatic carbocycles. The maximum absolute atomic E-state index is 10.5. The minimum atomic E-state index is -0.0997. The summed E-state index contributed by atoms with van der Waals surface area (Å²) in [6, 6.07) is 15.6. The first-order chi connectivity index (χ1) is 13.2. The van der Waals surface area contributed by atoms with Crippen LogP contribution < -0.4 is 21.6 Å². The highest BCUT2D eigenvalue weighted by atomic mass is 35.5. The Kier molecular flexibility index (Phi) is 7.39. The van der Waals surface area contributed by atoms with Gasteiger partial charge in [0.05, 0.1) is 17.6 Å². The molecule has 3 aromatic rings. The lowest BCUT2D eigenvalue weighted by Crippen LogP contribution is -2.22. The zero-order valence-electron chi connectivity index (χ0n) is 15.7. The molecule has 7 nitrogen and oxygen atoms in total. The number of imidazole rings is 1. The number of nitrogens with two attached hydrogens (primary N) is 1. The number of aromatic hydroxyl groups is 1. The number of anilines is 1. The van der Waals surface area contributed by atoms with E-state index in [0.29, 0.717) is 18.2 Å². The quantitative estimate of drug-likeness (QED) is 0.572. The molecule has 0 amide bonds. The Morgan fingerprint density at radius 3 is 2.66 bits per heavy atom. The third-order valence-electron chi connectivity index (χ3n) is 4.55. The Morgan fingerprint density at radius 2 is 1.93 bits per heavy atom. The van der Waals surface area contributed by atoms with Crippen molar-refractivity contribution >= 4 is 43.1 Å². The molecule has 0 bridgehead atoms. The van der Waals surface area contributed by atoms with Crippen molar-refractivity contribution in [1.29, 1.82) is 0 Å². The highest BCUT2D eigenvalue weighted by molar-refractivity contribution is 5.85. The minimum absolute atomic E-state index is 0. The van der Waals surface area contributed by atoms with Crippen LogP contribution in [0.2, 0.25) is 0 Å². The molecule has 9 heteroatoms. The molecule has 1 aromatic heterocycles. The normalized spacial score (nSPS) is 13.1. The van der Waals surface area contributed by atoms with E-state index in [4.69, 9.17) is 5.73 Å². The van der Waals surface area contributed by atoms with Gasteiger partial charge in [0.1, 0.15) is 5.69 Å². The molecule has 0 radical (unpaired) electrons. The second kappa shape index (κ2) is 9.56. The molecule has 0 saturated heterocycles. The molecule has 4 rings (SSSR count). The molecule has 2 heterocycles. The van der Waals surface area contributed by atoms with Crippen LogP contribution in [0.15, 0.2) is 58.7 Å². The van der Waals surface area contributed by atoms with Gasteiger partial charge in [-0.2, -0.15) is 10.2 Å². The van der Waals surface area contributed by atoms with E-state index in [-0.39, 0.29) is 36.7 Å². The first-order valence-electron chi connectivity index (χ1n) is 8.66. The summed E-state index contributed by atoms with van der Waals surface area (Å²) in [4.78, 5) is 4.55. The Bertz CT molecular complexity index is 1130. The lowest BCUT2D eigenvalue weighted by molar-refractivity contribution is 0.431. The predicted octanol–water partition coefficient (Wildman–Crippen LogP) is 1.88. The smallest absolute Gasteiger partial charge is 0.220 e. The first-order valence-corrected chi connectivity index (χ1v) is 8.66. The average Bonchev–Trinajstić information content (AvgIpc) is 3.27. The summed E-state index contributed by atoms with van der Waals surface area (Å²) in [5.74, 6) is 0.635. The number of halogens is 2. The van der Waals surface area contributed by atoms with E-state index in [1.807, 2.05) is 54.6 Å². The second-order valence-electron chi connectivity index (χ2n) is 6.35. The fourth-order valence-electron chi connectivity index (χ4n) is 3.03. The molecule has 152 valence electrons. The molecule has 0 spiro atoms. The summed E-state index contributed by atoms with van der Waals surface area (Å²) in [6.07, 6.45) is 3.54. The van der Waals surface area contributed by atoms with Crippen molar-refractivity contribution in [2.75, 3.05) is 11.9 Å². The highest BCUT2D eigenvalue weighted by Gasteiger charge is 2.16. The van der Waals surface area contributed by atoms with Gasteiger partial charge < -0.3 is 16.2 Å². The van der Waals surface area contributed by atoms with Gasteiger partial charge in [0.2, 0.25) is 11.8 Å². The van der Waals surface area contributed by atoms with Gasteiger partial charge in [0.25, 0.3) is 0 Å². The van der Waals surface area contributed by atoms with E-state index in [1.165, 1.54) is 0 Å². The monoisotopic (exact) mass is 432 g/mol. The minimum Gasteiger partial charge on any atom is -0.493 e. The molecular formula is C20H22Cl2N6O. The van der Waals surface area contributed by atoms with Crippen LogP contribution in [0.25, 0.3) is 6.08 Å². The fraction of sp³-hybridized carbons (Fsp3) is 0.150. The molecule has 4 N–H and O–H groups in total. The van der Waals surface area contributed by atoms with Crippen molar-refractivity contribution in [2.24, 2.45) is 23.0 Å². The number of aromatic nitrogens is 2. The van der Waals surface area contributed by atoms with E-state index in [1.54, 1.807) is 17.8 Å². The fourth-order valence-corrected chi connectivity index (χ4v) is 3.03. The number of rotatable bonds is 5. The van der Waals surface area contributed by atoms with Crippen molar-refractivity contribution in [3.05, 3.63) is 75.9 Å². The maximum atomic E-state index is 10.5. The number of hydrogen-bond acceptors (Lipinski definition) is 6. The van der Waals surface area contributed by atoms with Gasteiger partial charge in [-0.1, -0.05) is 36.4 Å². The van der Waals surface area contributed by atoms with E-state index < -0.39 is 0 Å². The highest BCUT2D eigenvalue weighted by Crippen LogP contribution is 2.24. The number of nitrogens with one attached hydrogen (secondary N) is 1. The van der Waals surface area contributed by atoms with E-state index in [2.05, 4.69) is 20.5 Å². The standard InChI is InChI=1S/C20H20N6O.2ClH/c1-26-19(27)17(10-13-7-8-16-15(9-13)12-22-25-16)23-20(26)24-18(11-21)14-5-3-2-4-6-14;;/h2-10,12,18,27H,11,21H2,1H3,(H,23,24);2*1H/t18-;;/m0../s1. The molecule has 29 heavy (non-hydrogen) atoms. The first kappa shape index (κ1) is 22.4. The van der Waals surface area contributed by atoms with Gasteiger partial charge in [0, 0.05) is 19.2 Å². The van der Waals surface area contributed by atoms with Crippen molar-refractivity contribution < 1.29 is 5.11 Å². The van der Waals surface area contributed by atoms with Crippen LogP contribution in [-0.4, -0.2) is 27.4 Å². The summed E-state index contributed by atoms with van der Waals surface area (Å²) < 4.78 is 1.61. The molecule has 1 aliphatic heterocycles. The van der Waals surface area contributed by atoms with Gasteiger partial charge >= 0.3 is 0 Å². The summed E-state index contributed by atoms with van der Waals surface area (Å²) in [5, 5.41) is 23.5. The van der Waals surface area contributed by atoms with Gasteiger partial charge in [-0.25, -0.2) is 4.98 Å². The van der Waals surface area contributed by atoms with Crippen LogP contribution in [0.1, 0.15) is 22.9 Å². The average molecular weight is 433 g/mol. The molecular weight excluding hydrogens is 411 g/mol. The Balaban J connectivity index is 0.00000150. The molecule has 0 unspecified atom stereocenters. The van der Waals surface area contributed by atoms with Gasteiger partial charge in [-0.15, -0.1) is 24.8 Å². The van der Waals surface area contributed by atoms with E-state index in [0.717, 1.165) is 21.7 Å². The third-order valence-corrected chi connectivity index (χ3v) is 4.55. The second-order valence-corrected chi connectivity index (χ2v) is 6.35. The molecule has 1 aliphatic rings. The van der Waals surface area contributed by atoms with Crippen molar-refractivity contribution in [1.82, 2.24) is 9.55 Å². The molecule has 0 saturated carbocycles. The van der Waals surface area contributed by atoms with Crippen molar-refractivity contribution in [3.63, 3.8) is 0 Å². The van der Waals surface area contributed by atoms with E-state index >= 15 is 0 Å². The molecule has 1 atom stereocenters. The number of fused-ring (bicyclic) bond motifs is 1. The molecule has 0 fully saturated rings. The lowest BCUT2D eigenvalue weighted by atomic mass is 10.1. The maximum Gasteiger partial charge on any atom is 0.220 e. The largest absolute Gasteiger partial charge is 0.493 e. The van der Waals surface area contributed by atoms with Crippen molar-refractivity contribution in [3.8, 4) is 5.88 Å². The number of nitrogens with zero attached hydrogens (tertiary/aromatic N) is 4. The van der Waals surface area contributed by atoms with Crippen LogP contribution >= 0.6 is 24.8 Å². The predicted molar refractivity (Wildman–Crippen MR) is 120 cm³/mol. The van der Waals surface area contributed by atoms with E-state index in [9.17, 15) is 5.11 Å². The summed E-state index contributed by atoms with van der Waals surface area (Å²) >= 11 is 0. The van der Waals surface area contributed by atoms with Gasteiger partial charge in [-0.05, 0) is 29.0 Å². The zero-order valence-corrected chi connectivity index (χ0v) is 17.3. The van der Waals surface area contributed by atoms with Gasteiger partial charge in [0.15, 0.2) is 0 Å². The Morgan fingerprint density at radius 1 is 1.17 bits per heavy atom. The number of hydrogen-bond donors (Lipinski definition) is 3. The molecule has 2 aromatic carbocycles. The Hall–Kier alpha value is -2.87. The van der Waals surface area contributed by atoms with Crippen LogP contribution in [0.4, 0.5) is 5.95 Å². The van der Waals surface area contributed by atoms with Crippen LogP contribution in [0, 0.1) is 0 Å². The van der Waals surface area contributed by atoms with Crippen LogP contribution in [0.3, 0.4) is 0 Å². The van der Waals surface area contributed by atoms with Crippen molar-refractivity contribution in [2.45, 2.75) is 6.04 Å². The van der Waals surface area contributed by atoms with Crippen LogP contribution in [0.5, 0.6) is 5.88 Å². The summed E-state index contributed by atoms with van der Waals surface area (Å²) in [6.45, 7) is 0.407. The topological polar surface area (TPSA) is 101 Å². The number of benzene rings is 2. The van der Waals surface area contributed by atoms with Gasteiger partial charge in [-0.3, -0.25) is 4.57 Å². The summed E-state index contributed by atoms with van der Waals surface area (Å²) in [7, 11) is 1.76. The Labute approximate surface area is 180 Å².